The predicted octanol–water partition coefficient (Wildman–Crippen LogP) is 3.61. The number of hydrogen-bond acceptors (Lipinski definition) is 4. The summed E-state index contributed by atoms with van der Waals surface area (Å²) in [6.07, 6.45) is 7.54. The van der Waals surface area contributed by atoms with Crippen LogP contribution in [0.5, 0.6) is 0 Å². The zero-order chi connectivity index (χ0) is 20.1. The van der Waals surface area contributed by atoms with Crippen molar-refractivity contribution in [3.8, 4) is 0 Å². The van der Waals surface area contributed by atoms with Crippen LogP contribution in [0.15, 0.2) is 24.4 Å². The number of benzene rings is 1. The summed E-state index contributed by atoms with van der Waals surface area (Å²) in [7, 11) is -3.67. The molecule has 150 valence electrons. The largest absolute Gasteiger partial charge is 0.361 e. The van der Waals surface area contributed by atoms with Gasteiger partial charge in [0.25, 0.3) is 10.1 Å². The Kier molecular flexibility index (Phi) is 5.21. The Morgan fingerprint density at radius 2 is 1.93 bits per heavy atom. The molecule has 2 aromatic rings. The fourth-order valence-corrected chi connectivity index (χ4v) is 5.95. The molecule has 0 bridgehead atoms. The van der Waals surface area contributed by atoms with E-state index in [4.69, 9.17) is 4.55 Å². The van der Waals surface area contributed by atoms with Gasteiger partial charge in [0.2, 0.25) is 0 Å². The Morgan fingerprint density at radius 3 is 2.56 bits per heavy atom. The first kappa shape index (κ1) is 20.7. The van der Waals surface area contributed by atoms with Crippen LogP contribution in [0.1, 0.15) is 38.3 Å². The highest BCUT2D eigenvalue weighted by Crippen LogP contribution is 2.54. The minimum atomic E-state index is -3.67. The van der Waals surface area contributed by atoms with E-state index in [0.29, 0.717) is 11.7 Å². The topological polar surface area (TPSA) is 82.2 Å². The quantitative estimate of drug-likeness (QED) is 0.659. The number of aromatic amines is 1. The summed E-state index contributed by atoms with van der Waals surface area (Å²) in [5.74, 6) is 1.22. The van der Waals surface area contributed by atoms with Crippen molar-refractivity contribution in [1.29, 1.82) is 0 Å². The van der Waals surface area contributed by atoms with Gasteiger partial charge in [-0.1, -0.05) is 26.0 Å². The van der Waals surface area contributed by atoms with E-state index in [1.807, 2.05) is 11.8 Å². The van der Waals surface area contributed by atoms with Gasteiger partial charge in [-0.3, -0.25) is 4.55 Å². The summed E-state index contributed by atoms with van der Waals surface area (Å²) < 4.78 is 25.9. The SMILES string of the molecule is CS(=O)(=O)O.CSC[C@@]1(C)CNC2(C)Cc3c[nH]c4cccc(c34)[C@@]2(C)C1. The molecule has 1 fully saturated rings. The van der Waals surface area contributed by atoms with Gasteiger partial charge in [-0.25, -0.2) is 0 Å². The summed E-state index contributed by atoms with van der Waals surface area (Å²) in [5.41, 5.74) is 5.01. The lowest BCUT2D eigenvalue weighted by atomic mass is 9.53. The first-order valence-electron chi connectivity index (χ1n) is 9.17. The third-order valence-corrected chi connectivity index (χ3v) is 7.31. The molecule has 7 heteroatoms. The van der Waals surface area contributed by atoms with Crippen molar-refractivity contribution in [2.24, 2.45) is 5.41 Å². The maximum absolute atomic E-state index is 9.19. The van der Waals surface area contributed by atoms with Crippen molar-refractivity contribution in [1.82, 2.24) is 10.3 Å². The van der Waals surface area contributed by atoms with Crippen LogP contribution >= 0.6 is 11.8 Å². The van der Waals surface area contributed by atoms with Crippen LogP contribution < -0.4 is 5.32 Å². The van der Waals surface area contributed by atoms with Crippen LogP contribution in [0.3, 0.4) is 0 Å². The second-order valence-corrected chi connectivity index (χ2v) is 11.2. The molecule has 0 saturated carbocycles. The number of aromatic nitrogens is 1. The Labute approximate surface area is 166 Å². The molecule has 0 amide bonds. The van der Waals surface area contributed by atoms with Crippen LogP contribution in [0, 0.1) is 5.41 Å². The molecule has 4 rings (SSSR count). The maximum Gasteiger partial charge on any atom is 0.261 e. The van der Waals surface area contributed by atoms with E-state index >= 15 is 0 Å². The number of rotatable bonds is 2. The van der Waals surface area contributed by atoms with E-state index in [9.17, 15) is 8.42 Å². The minimum Gasteiger partial charge on any atom is -0.361 e. The first-order valence-corrected chi connectivity index (χ1v) is 12.4. The van der Waals surface area contributed by atoms with Crippen LogP contribution in [-0.2, 0) is 22.0 Å². The summed E-state index contributed by atoms with van der Waals surface area (Å²) in [6, 6.07) is 6.80. The van der Waals surface area contributed by atoms with Crippen LogP contribution in [0.25, 0.3) is 10.9 Å². The number of hydrogen-bond donors (Lipinski definition) is 3. The number of thioether (sulfide) groups is 1. The van der Waals surface area contributed by atoms with E-state index in [-0.39, 0.29) is 11.0 Å². The second kappa shape index (κ2) is 6.79. The van der Waals surface area contributed by atoms with Crippen molar-refractivity contribution in [2.45, 2.75) is 44.6 Å². The molecule has 2 aliphatic rings. The normalized spacial score (nSPS) is 32.5. The number of fused-ring (bicyclic) bond motifs is 2. The van der Waals surface area contributed by atoms with Crippen LogP contribution in [-0.4, -0.2) is 48.3 Å². The average molecular weight is 411 g/mol. The zero-order valence-corrected chi connectivity index (χ0v) is 18.4. The fraction of sp³-hybridized carbons (Fsp3) is 0.600. The van der Waals surface area contributed by atoms with Gasteiger partial charge in [0.15, 0.2) is 0 Å². The lowest BCUT2D eigenvalue weighted by Crippen LogP contribution is -2.67. The molecule has 3 N–H and O–H groups in total. The lowest BCUT2D eigenvalue weighted by molar-refractivity contribution is 0.0656. The molecule has 1 aliphatic heterocycles. The highest BCUT2D eigenvalue weighted by atomic mass is 32.2. The Bertz CT molecular complexity index is 947. The molecule has 1 unspecified atom stereocenters. The van der Waals surface area contributed by atoms with Gasteiger partial charge >= 0.3 is 0 Å². The molecule has 1 aromatic carbocycles. The van der Waals surface area contributed by atoms with Crippen LogP contribution in [0.2, 0.25) is 0 Å². The van der Waals surface area contributed by atoms with Gasteiger partial charge in [0.1, 0.15) is 0 Å². The van der Waals surface area contributed by atoms with Crippen molar-refractivity contribution in [2.75, 3.05) is 24.8 Å². The van der Waals surface area contributed by atoms with E-state index in [1.165, 1.54) is 34.2 Å². The molecule has 2 heterocycles. The maximum atomic E-state index is 9.19. The molecule has 0 spiro atoms. The van der Waals surface area contributed by atoms with E-state index in [1.54, 1.807) is 0 Å². The molecule has 27 heavy (non-hydrogen) atoms. The molecular weight excluding hydrogens is 380 g/mol. The minimum absolute atomic E-state index is 0.147. The van der Waals surface area contributed by atoms with Gasteiger partial charge < -0.3 is 10.3 Å². The van der Waals surface area contributed by atoms with E-state index in [2.05, 4.69) is 61.7 Å². The molecular formula is C20H30N2O3S2. The van der Waals surface area contributed by atoms with Crippen molar-refractivity contribution in [3.05, 3.63) is 35.5 Å². The molecule has 5 nitrogen and oxygen atoms in total. The molecule has 3 atom stereocenters. The Balaban J connectivity index is 0.000000376. The van der Waals surface area contributed by atoms with E-state index < -0.39 is 10.1 Å². The molecule has 1 aromatic heterocycles. The molecule has 0 radical (unpaired) electrons. The molecule has 1 aliphatic carbocycles. The third-order valence-electron chi connectivity index (χ3n) is 6.32. The Hall–Kier alpha value is -1.02. The van der Waals surface area contributed by atoms with Gasteiger partial charge in [-0.2, -0.15) is 20.2 Å². The number of nitrogens with one attached hydrogen (secondary N) is 2. The predicted molar refractivity (Wildman–Crippen MR) is 114 cm³/mol. The number of H-pyrrole nitrogens is 1. The lowest BCUT2D eigenvalue weighted by Gasteiger charge is -2.58. The summed E-state index contributed by atoms with van der Waals surface area (Å²) >= 11 is 1.98. The molecule has 1 saturated heterocycles. The monoisotopic (exact) mass is 410 g/mol. The van der Waals surface area contributed by atoms with Crippen molar-refractivity contribution < 1.29 is 13.0 Å². The highest BCUT2D eigenvalue weighted by Gasteiger charge is 2.55. The van der Waals surface area contributed by atoms with Crippen LogP contribution in [0.4, 0.5) is 0 Å². The first-order chi connectivity index (χ1) is 12.4. The standard InChI is InChI=1S/C19H26N2S.CH4O3S/c1-17(12-22-4)10-18(2)14-6-5-7-15-16(14)13(9-20-15)8-19(18,3)21-11-17;1-5(2,3)4/h5-7,9,20-21H,8,10-12H2,1-4H3;1H3,(H,2,3,4)/t17-,18-,19?;/m1./s1. The summed E-state index contributed by atoms with van der Waals surface area (Å²) in [6.45, 7) is 8.49. The summed E-state index contributed by atoms with van der Waals surface area (Å²) in [5, 5.41) is 5.44. The zero-order valence-electron chi connectivity index (χ0n) is 16.7. The second-order valence-electron chi connectivity index (χ2n) is 8.89. The van der Waals surface area contributed by atoms with Gasteiger partial charge in [-0.05, 0) is 54.4 Å². The van der Waals surface area contributed by atoms with Crippen molar-refractivity contribution >= 4 is 32.8 Å². The average Bonchev–Trinajstić information content (AvgIpc) is 2.93. The Morgan fingerprint density at radius 1 is 1.26 bits per heavy atom. The van der Waals surface area contributed by atoms with E-state index in [0.717, 1.165) is 13.0 Å². The van der Waals surface area contributed by atoms with Gasteiger partial charge in [0, 0.05) is 34.6 Å². The number of piperidine rings is 1. The summed E-state index contributed by atoms with van der Waals surface area (Å²) in [4.78, 5) is 3.48. The smallest absolute Gasteiger partial charge is 0.261 e. The highest BCUT2D eigenvalue weighted by molar-refractivity contribution is 7.98. The van der Waals surface area contributed by atoms with Gasteiger partial charge in [0.05, 0.1) is 6.26 Å². The van der Waals surface area contributed by atoms with Gasteiger partial charge in [-0.15, -0.1) is 0 Å². The third kappa shape index (κ3) is 3.79. The fourth-order valence-electron chi connectivity index (χ4n) is 5.05. The van der Waals surface area contributed by atoms with Crippen molar-refractivity contribution in [3.63, 3.8) is 0 Å².